The number of carbonyl (C=O) groups is 1. The van der Waals surface area contributed by atoms with Crippen molar-refractivity contribution in [1.82, 2.24) is 29.9 Å². The Balaban J connectivity index is 1.47. The number of benzene rings is 2. The van der Waals surface area contributed by atoms with Crippen LogP contribution in [0.4, 0.5) is 0 Å². The third kappa shape index (κ3) is 3.94. The zero-order valence-electron chi connectivity index (χ0n) is 18.3. The molecule has 0 aliphatic carbocycles. The summed E-state index contributed by atoms with van der Waals surface area (Å²) in [6, 6.07) is 19.1. The minimum atomic E-state index is -0.194. The average molecular weight is 438 g/mol. The predicted molar refractivity (Wildman–Crippen MR) is 125 cm³/mol. The fourth-order valence-electron chi connectivity index (χ4n) is 3.78. The highest BCUT2D eigenvalue weighted by atomic mass is 16.5. The van der Waals surface area contributed by atoms with E-state index in [-0.39, 0.29) is 5.91 Å². The Hall–Kier alpha value is -4.46. The quantitative estimate of drug-likeness (QED) is 0.436. The molecule has 3 heterocycles. The van der Waals surface area contributed by atoms with Gasteiger partial charge in [-0.05, 0) is 48.0 Å². The van der Waals surface area contributed by atoms with Crippen molar-refractivity contribution in [2.45, 2.75) is 6.54 Å². The largest absolute Gasteiger partial charge is 0.497 e. The van der Waals surface area contributed by atoms with Crippen LogP contribution in [0.3, 0.4) is 0 Å². The number of rotatable bonds is 6. The molecule has 3 aromatic heterocycles. The highest BCUT2D eigenvalue weighted by molar-refractivity contribution is 6.06. The maximum atomic E-state index is 13.3. The van der Waals surface area contributed by atoms with Gasteiger partial charge in [0.2, 0.25) is 0 Å². The number of nitrogens with one attached hydrogen (secondary N) is 1. The van der Waals surface area contributed by atoms with Crippen molar-refractivity contribution in [3.8, 4) is 22.7 Å². The summed E-state index contributed by atoms with van der Waals surface area (Å²) in [5, 5.41) is 12.4. The maximum absolute atomic E-state index is 13.3. The first-order valence-electron chi connectivity index (χ1n) is 10.5. The molecule has 8 heteroatoms. The van der Waals surface area contributed by atoms with Crippen LogP contribution in [0.15, 0.2) is 79.3 Å². The van der Waals surface area contributed by atoms with Gasteiger partial charge in [-0.2, -0.15) is 10.2 Å². The van der Waals surface area contributed by atoms with Gasteiger partial charge >= 0.3 is 0 Å². The molecule has 1 amide bonds. The minimum Gasteiger partial charge on any atom is -0.497 e. The minimum absolute atomic E-state index is 0.194. The highest BCUT2D eigenvalue weighted by Crippen LogP contribution is 2.26. The van der Waals surface area contributed by atoms with Crippen LogP contribution in [0.2, 0.25) is 0 Å². The number of carbonyl (C=O) groups excluding carboxylic acids is 1. The summed E-state index contributed by atoms with van der Waals surface area (Å²) in [7, 11) is 3.44. The molecule has 0 radical (unpaired) electrons. The van der Waals surface area contributed by atoms with Crippen LogP contribution in [-0.2, 0) is 13.6 Å². The monoisotopic (exact) mass is 438 g/mol. The van der Waals surface area contributed by atoms with Gasteiger partial charge in [-0.1, -0.05) is 18.2 Å². The molecule has 0 saturated heterocycles. The molecule has 33 heavy (non-hydrogen) atoms. The number of hydrogen-bond donors (Lipinski definition) is 1. The van der Waals surface area contributed by atoms with Crippen LogP contribution < -0.4 is 10.1 Å². The van der Waals surface area contributed by atoms with Crippen LogP contribution in [-0.4, -0.2) is 37.6 Å². The Morgan fingerprint density at radius 2 is 1.88 bits per heavy atom. The van der Waals surface area contributed by atoms with Crippen LogP contribution >= 0.6 is 0 Å². The maximum Gasteiger partial charge on any atom is 0.252 e. The molecule has 2 aromatic carbocycles. The molecule has 0 saturated carbocycles. The van der Waals surface area contributed by atoms with E-state index >= 15 is 0 Å². The van der Waals surface area contributed by atoms with Gasteiger partial charge in [-0.3, -0.25) is 9.48 Å². The van der Waals surface area contributed by atoms with Gasteiger partial charge in [-0.15, -0.1) is 0 Å². The highest BCUT2D eigenvalue weighted by Gasteiger charge is 2.17. The van der Waals surface area contributed by atoms with E-state index in [1.807, 2.05) is 67.8 Å². The third-order valence-electron chi connectivity index (χ3n) is 5.52. The normalized spacial score (nSPS) is 11.0. The molecule has 8 nitrogen and oxygen atoms in total. The van der Waals surface area contributed by atoms with E-state index in [1.54, 1.807) is 34.9 Å². The second kappa shape index (κ2) is 8.58. The van der Waals surface area contributed by atoms with E-state index in [4.69, 9.17) is 9.72 Å². The second-order valence-corrected chi connectivity index (χ2v) is 7.55. The summed E-state index contributed by atoms with van der Waals surface area (Å²) in [4.78, 5) is 18.0. The standard InChI is InChI=1S/C25H22N6O2/c1-30-24-21(16-28-30)20(14-22(29-24)17-8-10-19(33-2)11-9-17)25(32)26-15-18-6-3-4-7-23(18)31-13-5-12-27-31/h3-14,16H,15H2,1-2H3,(H,26,32). The Bertz CT molecular complexity index is 1420. The van der Waals surface area contributed by atoms with Crippen molar-refractivity contribution in [1.29, 1.82) is 0 Å². The molecule has 0 spiro atoms. The number of pyridine rings is 1. The summed E-state index contributed by atoms with van der Waals surface area (Å²) >= 11 is 0. The number of methoxy groups -OCH3 is 1. The Labute approximate surface area is 190 Å². The van der Waals surface area contributed by atoms with E-state index in [2.05, 4.69) is 15.5 Å². The fraction of sp³-hybridized carbons (Fsp3) is 0.120. The summed E-state index contributed by atoms with van der Waals surface area (Å²) in [6.07, 6.45) is 5.28. The average Bonchev–Trinajstić information content (AvgIpc) is 3.53. The van der Waals surface area contributed by atoms with Crippen molar-refractivity contribution in [3.05, 3.63) is 90.4 Å². The van der Waals surface area contributed by atoms with Gasteiger partial charge in [0.15, 0.2) is 5.65 Å². The van der Waals surface area contributed by atoms with E-state index < -0.39 is 0 Å². The first-order chi connectivity index (χ1) is 16.1. The topological polar surface area (TPSA) is 86.9 Å². The SMILES string of the molecule is COc1ccc(-c2cc(C(=O)NCc3ccccc3-n3cccn3)c3cnn(C)c3n2)cc1. The van der Waals surface area contributed by atoms with Crippen LogP contribution in [0.1, 0.15) is 15.9 Å². The number of aryl methyl sites for hydroxylation is 1. The number of ether oxygens (including phenoxy) is 1. The molecule has 164 valence electrons. The molecule has 0 aliphatic heterocycles. The molecule has 5 aromatic rings. The molecule has 0 unspecified atom stereocenters. The first-order valence-corrected chi connectivity index (χ1v) is 10.5. The number of para-hydroxylation sites is 1. The van der Waals surface area contributed by atoms with E-state index in [0.717, 1.165) is 22.6 Å². The van der Waals surface area contributed by atoms with Gasteiger partial charge < -0.3 is 10.1 Å². The van der Waals surface area contributed by atoms with Gasteiger partial charge in [-0.25, -0.2) is 9.67 Å². The van der Waals surface area contributed by atoms with Crippen LogP contribution in [0.25, 0.3) is 28.0 Å². The van der Waals surface area contributed by atoms with Crippen molar-refractivity contribution >= 4 is 16.9 Å². The lowest BCUT2D eigenvalue weighted by atomic mass is 10.1. The summed E-state index contributed by atoms with van der Waals surface area (Å²) in [5.41, 5.74) is 4.62. The number of fused-ring (bicyclic) bond motifs is 1. The van der Waals surface area contributed by atoms with E-state index in [1.165, 1.54) is 0 Å². The number of nitrogens with zero attached hydrogens (tertiary/aromatic N) is 5. The Morgan fingerprint density at radius 3 is 2.64 bits per heavy atom. The lowest BCUT2D eigenvalue weighted by molar-refractivity contribution is 0.0952. The first kappa shape index (κ1) is 20.4. The van der Waals surface area contributed by atoms with E-state index in [0.29, 0.717) is 28.8 Å². The van der Waals surface area contributed by atoms with Crippen molar-refractivity contribution in [2.75, 3.05) is 7.11 Å². The third-order valence-corrected chi connectivity index (χ3v) is 5.52. The van der Waals surface area contributed by atoms with Crippen molar-refractivity contribution in [3.63, 3.8) is 0 Å². The number of aromatic nitrogens is 5. The summed E-state index contributed by atoms with van der Waals surface area (Å²) < 4.78 is 8.71. The molecular formula is C25H22N6O2. The second-order valence-electron chi connectivity index (χ2n) is 7.55. The van der Waals surface area contributed by atoms with Gasteiger partial charge in [0, 0.05) is 31.5 Å². The van der Waals surface area contributed by atoms with Crippen molar-refractivity contribution in [2.24, 2.45) is 7.05 Å². The predicted octanol–water partition coefficient (Wildman–Crippen LogP) is 3.76. The lowest BCUT2D eigenvalue weighted by Gasteiger charge is -2.12. The molecule has 0 aliphatic rings. The molecule has 0 atom stereocenters. The molecule has 5 rings (SSSR count). The summed E-state index contributed by atoms with van der Waals surface area (Å²) in [6.45, 7) is 0.358. The van der Waals surface area contributed by atoms with Crippen LogP contribution in [0.5, 0.6) is 5.75 Å². The van der Waals surface area contributed by atoms with Crippen LogP contribution in [0, 0.1) is 0 Å². The molecule has 0 bridgehead atoms. The van der Waals surface area contributed by atoms with Crippen molar-refractivity contribution < 1.29 is 9.53 Å². The van der Waals surface area contributed by atoms with E-state index in [9.17, 15) is 4.79 Å². The van der Waals surface area contributed by atoms with Gasteiger partial charge in [0.1, 0.15) is 5.75 Å². The lowest BCUT2D eigenvalue weighted by Crippen LogP contribution is -2.24. The molecule has 0 fully saturated rings. The zero-order chi connectivity index (χ0) is 22.8. The zero-order valence-corrected chi connectivity index (χ0v) is 18.3. The summed E-state index contributed by atoms with van der Waals surface area (Å²) in [5.74, 6) is 0.564. The number of hydrogen-bond acceptors (Lipinski definition) is 5. The number of amides is 1. The molecule has 1 N–H and O–H groups in total. The molecular weight excluding hydrogens is 416 g/mol. The van der Waals surface area contributed by atoms with Gasteiger partial charge in [0.05, 0.1) is 35.6 Å². The Kier molecular flexibility index (Phi) is 5.32. The fourth-order valence-corrected chi connectivity index (χ4v) is 3.78. The van der Waals surface area contributed by atoms with Gasteiger partial charge in [0.25, 0.3) is 5.91 Å². The Morgan fingerprint density at radius 1 is 1.06 bits per heavy atom. The smallest absolute Gasteiger partial charge is 0.252 e.